The summed E-state index contributed by atoms with van der Waals surface area (Å²) in [6.07, 6.45) is 0.816. The number of rotatable bonds is 5. The van der Waals surface area contributed by atoms with Crippen LogP contribution in [0.2, 0.25) is 0 Å². The molecule has 0 unspecified atom stereocenters. The number of hydrogen-bond acceptors (Lipinski definition) is 3. The van der Waals surface area contributed by atoms with E-state index in [0.29, 0.717) is 5.69 Å². The second kappa shape index (κ2) is 11.3. The van der Waals surface area contributed by atoms with Crippen LogP contribution in [0, 0.1) is 6.92 Å². The molecular weight excluding hydrogens is 392 g/mol. The SMILES string of the molecule is CNC(C)=O.Cc1ccc(Cc2ccc(NC(=O)c3ccccc3C(=O)O)cc2)cc1. The fourth-order valence-corrected chi connectivity index (χ4v) is 2.71. The lowest BCUT2D eigenvalue weighted by molar-refractivity contribution is -0.118. The zero-order valence-corrected chi connectivity index (χ0v) is 17.8. The summed E-state index contributed by atoms with van der Waals surface area (Å²) in [5.74, 6) is -1.55. The monoisotopic (exact) mass is 418 g/mol. The third-order valence-corrected chi connectivity index (χ3v) is 4.49. The average molecular weight is 418 g/mol. The second-order valence-electron chi connectivity index (χ2n) is 6.97. The summed E-state index contributed by atoms with van der Waals surface area (Å²) in [5, 5.41) is 14.3. The van der Waals surface area contributed by atoms with Crippen molar-refractivity contribution in [1.29, 1.82) is 0 Å². The minimum atomic E-state index is -1.12. The molecule has 0 heterocycles. The summed E-state index contributed by atoms with van der Waals surface area (Å²) >= 11 is 0. The summed E-state index contributed by atoms with van der Waals surface area (Å²) < 4.78 is 0. The Balaban J connectivity index is 0.000000614. The number of anilines is 1. The molecule has 160 valence electrons. The average Bonchev–Trinajstić information content (AvgIpc) is 2.77. The maximum Gasteiger partial charge on any atom is 0.336 e. The van der Waals surface area contributed by atoms with E-state index in [-0.39, 0.29) is 17.0 Å². The predicted octanol–water partition coefficient (Wildman–Crippen LogP) is 4.29. The van der Waals surface area contributed by atoms with Crippen molar-refractivity contribution >= 4 is 23.5 Å². The van der Waals surface area contributed by atoms with E-state index in [1.54, 1.807) is 19.2 Å². The highest BCUT2D eigenvalue weighted by atomic mass is 16.4. The Morgan fingerprint density at radius 3 is 1.77 bits per heavy atom. The number of amides is 2. The first-order valence-corrected chi connectivity index (χ1v) is 9.76. The molecular formula is C25H26N2O4. The van der Waals surface area contributed by atoms with Crippen molar-refractivity contribution in [2.75, 3.05) is 12.4 Å². The van der Waals surface area contributed by atoms with Crippen LogP contribution in [-0.2, 0) is 11.2 Å². The molecule has 0 aliphatic heterocycles. The van der Waals surface area contributed by atoms with Crippen LogP contribution in [0.1, 0.15) is 44.3 Å². The Hall–Kier alpha value is -3.93. The van der Waals surface area contributed by atoms with Crippen molar-refractivity contribution < 1.29 is 19.5 Å². The molecule has 3 N–H and O–H groups in total. The maximum absolute atomic E-state index is 12.4. The van der Waals surface area contributed by atoms with Crippen molar-refractivity contribution in [3.8, 4) is 0 Å². The van der Waals surface area contributed by atoms with Crippen molar-refractivity contribution in [3.05, 3.63) is 101 Å². The van der Waals surface area contributed by atoms with Gasteiger partial charge in [0.1, 0.15) is 0 Å². The summed E-state index contributed by atoms with van der Waals surface area (Å²) in [5.41, 5.74) is 4.35. The summed E-state index contributed by atoms with van der Waals surface area (Å²) in [6.45, 7) is 3.53. The molecule has 0 aliphatic carbocycles. The normalized spacial score (nSPS) is 9.77. The zero-order valence-electron chi connectivity index (χ0n) is 17.8. The fourth-order valence-electron chi connectivity index (χ4n) is 2.71. The second-order valence-corrected chi connectivity index (χ2v) is 6.97. The quantitative estimate of drug-likeness (QED) is 0.576. The van der Waals surface area contributed by atoms with Gasteiger partial charge in [-0.3, -0.25) is 9.59 Å². The largest absolute Gasteiger partial charge is 0.478 e. The van der Waals surface area contributed by atoms with Crippen LogP contribution < -0.4 is 10.6 Å². The molecule has 2 amide bonds. The van der Waals surface area contributed by atoms with Gasteiger partial charge in [-0.2, -0.15) is 0 Å². The molecule has 0 aliphatic rings. The molecule has 6 heteroatoms. The van der Waals surface area contributed by atoms with Crippen molar-refractivity contribution in [2.24, 2.45) is 0 Å². The number of benzene rings is 3. The Morgan fingerprint density at radius 1 is 0.806 bits per heavy atom. The summed E-state index contributed by atoms with van der Waals surface area (Å²) in [6, 6.07) is 22.1. The van der Waals surface area contributed by atoms with Gasteiger partial charge in [0.15, 0.2) is 0 Å². The lowest BCUT2D eigenvalue weighted by atomic mass is 10.0. The van der Waals surface area contributed by atoms with Gasteiger partial charge < -0.3 is 15.7 Å². The molecule has 3 aromatic carbocycles. The minimum Gasteiger partial charge on any atom is -0.478 e. The van der Waals surface area contributed by atoms with Gasteiger partial charge in [-0.15, -0.1) is 0 Å². The molecule has 0 aromatic heterocycles. The Labute approximate surface area is 181 Å². The number of carbonyl (C=O) groups excluding carboxylic acids is 2. The van der Waals surface area contributed by atoms with Gasteiger partial charge in [-0.05, 0) is 48.7 Å². The first kappa shape index (κ1) is 23.3. The molecule has 0 saturated heterocycles. The van der Waals surface area contributed by atoms with Crippen LogP contribution in [0.4, 0.5) is 5.69 Å². The van der Waals surface area contributed by atoms with Crippen molar-refractivity contribution in [2.45, 2.75) is 20.3 Å². The van der Waals surface area contributed by atoms with Gasteiger partial charge in [0.2, 0.25) is 5.91 Å². The Bertz CT molecular complexity index is 1040. The molecule has 31 heavy (non-hydrogen) atoms. The predicted molar refractivity (Wildman–Crippen MR) is 122 cm³/mol. The minimum absolute atomic E-state index is 0.00463. The van der Waals surface area contributed by atoms with E-state index in [0.717, 1.165) is 12.0 Å². The van der Waals surface area contributed by atoms with Crippen LogP contribution in [0.15, 0.2) is 72.8 Å². The van der Waals surface area contributed by atoms with Crippen molar-refractivity contribution in [1.82, 2.24) is 5.32 Å². The number of carboxylic acid groups (broad SMARTS) is 1. The molecule has 0 fully saturated rings. The third kappa shape index (κ3) is 7.44. The lowest BCUT2D eigenvalue weighted by Crippen LogP contribution is -2.16. The number of aromatic carboxylic acids is 1. The number of carboxylic acids is 1. The van der Waals surface area contributed by atoms with Gasteiger partial charge in [0.25, 0.3) is 5.91 Å². The maximum atomic E-state index is 12.4. The fraction of sp³-hybridized carbons (Fsp3) is 0.160. The standard InChI is InChI=1S/C22H19NO3.C3H7NO/c1-15-6-8-16(9-7-15)14-17-10-12-18(13-11-17)23-21(24)19-4-2-3-5-20(19)22(25)26;1-3(5)4-2/h2-13H,14H2,1H3,(H,23,24)(H,25,26);1-2H3,(H,4,5). The number of aryl methyl sites for hydroxylation is 1. The molecule has 3 rings (SSSR count). The topological polar surface area (TPSA) is 95.5 Å². The molecule has 0 atom stereocenters. The van der Waals surface area contributed by atoms with Gasteiger partial charge in [0.05, 0.1) is 11.1 Å². The highest BCUT2D eigenvalue weighted by Gasteiger charge is 2.15. The van der Waals surface area contributed by atoms with E-state index in [2.05, 4.69) is 41.8 Å². The van der Waals surface area contributed by atoms with Gasteiger partial charge >= 0.3 is 5.97 Å². The Morgan fingerprint density at radius 2 is 1.29 bits per heavy atom. The van der Waals surface area contributed by atoms with Gasteiger partial charge in [0, 0.05) is 19.7 Å². The molecule has 6 nitrogen and oxygen atoms in total. The smallest absolute Gasteiger partial charge is 0.336 e. The number of carbonyl (C=O) groups is 3. The van der Waals surface area contributed by atoms with Gasteiger partial charge in [-0.25, -0.2) is 4.79 Å². The molecule has 3 aromatic rings. The van der Waals surface area contributed by atoms with E-state index in [1.807, 2.05) is 24.3 Å². The Kier molecular flexibility index (Phi) is 8.52. The summed E-state index contributed by atoms with van der Waals surface area (Å²) in [4.78, 5) is 33.3. The first-order chi connectivity index (χ1) is 14.8. The lowest BCUT2D eigenvalue weighted by Gasteiger charge is -2.09. The van der Waals surface area contributed by atoms with Crippen LogP contribution in [0.5, 0.6) is 0 Å². The van der Waals surface area contributed by atoms with E-state index < -0.39 is 11.9 Å². The summed E-state index contributed by atoms with van der Waals surface area (Å²) in [7, 11) is 1.60. The van der Waals surface area contributed by atoms with E-state index in [4.69, 9.17) is 0 Å². The van der Waals surface area contributed by atoms with Crippen LogP contribution >= 0.6 is 0 Å². The molecule has 0 saturated carbocycles. The number of nitrogens with one attached hydrogen (secondary N) is 2. The first-order valence-electron chi connectivity index (χ1n) is 9.76. The third-order valence-electron chi connectivity index (χ3n) is 4.49. The van der Waals surface area contributed by atoms with E-state index in [9.17, 15) is 19.5 Å². The molecule has 0 spiro atoms. The van der Waals surface area contributed by atoms with Gasteiger partial charge in [-0.1, -0.05) is 54.1 Å². The zero-order chi connectivity index (χ0) is 22.8. The highest BCUT2D eigenvalue weighted by molar-refractivity contribution is 6.10. The van der Waals surface area contributed by atoms with Crippen LogP contribution in [0.25, 0.3) is 0 Å². The van der Waals surface area contributed by atoms with Crippen molar-refractivity contribution in [3.63, 3.8) is 0 Å². The molecule has 0 radical (unpaired) electrons. The van der Waals surface area contributed by atoms with E-state index in [1.165, 1.54) is 30.2 Å². The molecule has 0 bridgehead atoms. The van der Waals surface area contributed by atoms with Crippen LogP contribution in [-0.4, -0.2) is 29.9 Å². The van der Waals surface area contributed by atoms with Crippen LogP contribution in [0.3, 0.4) is 0 Å². The highest BCUT2D eigenvalue weighted by Crippen LogP contribution is 2.16. The van der Waals surface area contributed by atoms with E-state index >= 15 is 0 Å². The number of hydrogen-bond donors (Lipinski definition) is 3.